The van der Waals surface area contributed by atoms with Gasteiger partial charge in [-0.05, 0) is 31.2 Å². The molecular weight excluding hydrogens is 370 g/mol. The van der Waals surface area contributed by atoms with E-state index >= 15 is 0 Å². The number of anilines is 1. The van der Waals surface area contributed by atoms with Crippen molar-refractivity contribution in [1.82, 2.24) is 19.7 Å². The van der Waals surface area contributed by atoms with Crippen molar-refractivity contribution in [3.05, 3.63) is 71.7 Å². The fourth-order valence-electron chi connectivity index (χ4n) is 3.63. The zero-order valence-corrected chi connectivity index (χ0v) is 15.7. The van der Waals surface area contributed by atoms with E-state index < -0.39 is 11.8 Å². The third kappa shape index (κ3) is 2.35. The molecule has 0 spiro atoms. The summed E-state index contributed by atoms with van der Waals surface area (Å²) >= 11 is 0. The van der Waals surface area contributed by atoms with Crippen LogP contribution in [-0.4, -0.2) is 38.7 Å². The maximum Gasteiger partial charge on any atom is 0.267 e. The molecule has 0 unspecified atom stereocenters. The van der Waals surface area contributed by atoms with Crippen molar-refractivity contribution >= 4 is 28.5 Å². The van der Waals surface area contributed by atoms with Gasteiger partial charge < -0.3 is 4.74 Å². The molecule has 8 heteroatoms. The minimum atomic E-state index is -0.436. The number of hydrogen-bond donors (Lipinski definition) is 0. The summed E-state index contributed by atoms with van der Waals surface area (Å²) < 4.78 is 6.92. The number of ether oxygens (including phenoxy) is 1. The second kappa shape index (κ2) is 6.23. The molecule has 0 fully saturated rings. The van der Waals surface area contributed by atoms with Gasteiger partial charge in [0.2, 0.25) is 0 Å². The number of rotatable bonds is 3. The Kier molecular flexibility index (Phi) is 3.67. The number of aromatic nitrogens is 4. The molecule has 142 valence electrons. The van der Waals surface area contributed by atoms with Gasteiger partial charge in [0.05, 0.1) is 35.0 Å². The van der Waals surface area contributed by atoms with Crippen LogP contribution in [0.5, 0.6) is 5.75 Å². The second-order valence-electron chi connectivity index (χ2n) is 6.55. The second-order valence-corrected chi connectivity index (χ2v) is 6.55. The maximum absolute atomic E-state index is 13.4. The maximum atomic E-state index is 13.4. The summed E-state index contributed by atoms with van der Waals surface area (Å²) in [6, 6.07) is 12.4. The molecule has 1 aliphatic heterocycles. The lowest BCUT2D eigenvalue weighted by molar-refractivity contribution is 0.0925. The average Bonchev–Trinajstić information content (AvgIpc) is 3.22. The van der Waals surface area contributed by atoms with Gasteiger partial charge in [-0.15, -0.1) is 0 Å². The van der Waals surface area contributed by atoms with Gasteiger partial charge in [-0.25, -0.2) is 14.9 Å². The van der Waals surface area contributed by atoms with Crippen LogP contribution in [0.1, 0.15) is 26.4 Å². The summed E-state index contributed by atoms with van der Waals surface area (Å²) in [4.78, 5) is 36.3. The zero-order chi connectivity index (χ0) is 20.1. The topological polar surface area (TPSA) is 90.2 Å². The van der Waals surface area contributed by atoms with Crippen molar-refractivity contribution in [2.45, 2.75) is 6.92 Å². The number of methoxy groups -OCH3 is 1. The summed E-state index contributed by atoms with van der Waals surface area (Å²) in [5.41, 5.74) is 2.01. The third-order valence-electron chi connectivity index (χ3n) is 4.91. The molecule has 0 radical (unpaired) electrons. The molecule has 5 rings (SSSR count). The Labute approximate surface area is 165 Å². The summed E-state index contributed by atoms with van der Waals surface area (Å²) in [6.07, 6.45) is 3.08. The molecule has 0 saturated heterocycles. The van der Waals surface area contributed by atoms with Gasteiger partial charge in [0.25, 0.3) is 11.8 Å². The first-order chi connectivity index (χ1) is 14.1. The number of aryl methyl sites for hydroxylation is 1. The van der Waals surface area contributed by atoms with Crippen molar-refractivity contribution in [3.63, 3.8) is 0 Å². The quantitative estimate of drug-likeness (QED) is 0.504. The summed E-state index contributed by atoms with van der Waals surface area (Å²) in [6.45, 7) is 1.78. The van der Waals surface area contributed by atoms with Gasteiger partial charge in [0, 0.05) is 12.4 Å². The van der Waals surface area contributed by atoms with E-state index in [-0.39, 0.29) is 5.56 Å². The van der Waals surface area contributed by atoms with Crippen LogP contribution in [0, 0.1) is 6.92 Å². The monoisotopic (exact) mass is 385 g/mol. The van der Waals surface area contributed by atoms with Crippen molar-refractivity contribution in [1.29, 1.82) is 0 Å². The number of nitrogens with zero attached hydrogens (tertiary/aromatic N) is 5. The van der Waals surface area contributed by atoms with Crippen LogP contribution in [0.25, 0.3) is 16.9 Å². The molecule has 2 amide bonds. The van der Waals surface area contributed by atoms with Crippen LogP contribution in [0.2, 0.25) is 0 Å². The fourth-order valence-corrected chi connectivity index (χ4v) is 3.63. The van der Waals surface area contributed by atoms with E-state index in [1.807, 2.05) is 6.07 Å². The lowest BCUT2D eigenvalue weighted by Crippen LogP contribution is -2.29. The molecule has 0 saturated carbocycles. The Morgan fingerprint density at radius 2 is 1.76 bits per heavy atom. The van der Waals surface area contributed by atoms with Crippen LogP contribution >= 0.6 is 0 Å². The highest BCUT2D eigenvalue weighted by Crippen LogP contribution is 2.37. The van der Waals surface area contributed by atoms with Gasteiger partial charge in [-0.2, -0.15) is 9.78 Å². The highest BCUT2D eigenvalue weighted by Gasteiger charge is 2.41. The zero-order valence-electron chi connectivity index (χ0n) is 15.7. The smallest absolute Gasteiger partial charge is 0.267 e. The predicted molar refractivity (Wildman–Crippen MR) is 106 cm³/mol. The number of benzene rings is 1. The van der Waals surface area contributed by atoms with Gasteiger partial charge >= 0.3 is 0 Å². The average molecular weight is 385 g/mol. The standard InChI is InChI=1S/C21H15N5O3/c1-12-17-18-13(11-23-19(17)26(24-12)16-9-5-6-10-22-16)20(27)25(21(18)28)14-7-3-4-8-15(14)29-2/h3-11H,1-2H3. The van der Waals surface area contributed by atoms with E-state index in [0.717, 1.165) is 4.90 Å². The Bertz CT molecular complexity index is 1300. The lowest BCUT2D eigenvalue weighted by atomic mass is 10.1. The summed E-state index contributed by atoms with van der Waals surface area (Å²) in [7, 11) is 1.50. The number of carbonyl (C=O) groups is 2. The van der Waals surface area contributed by atoms with E-state index in [0.29, 0.717) is 39.5 Å². The van der Waals surface area contributed by atoms with Crippen molar-refractivity contribution in [2.24, 2.45) is 0 Å². The van der Waals surface area contributed by atoms with Crippen LogP contribution in [0.15, 0.2) is 54.9 Å². The number of amides is 2. The van der Waals surface area contributed by atoms with Gasteiger partial charge in [0.15, 0.2) is 11.5 Å². The fraction of sp³-hybridized carbons (Fsp3) is 0.0952. The highest BCUT2D eigenvalue weighted by molar-refractivity contribution is 6.37. The Morgan fingerprint density at radius 3 is 2.52 bits per heavy atom. The molecule has 1 aromatic carbocycles. The van der Waals surface area contributed by atoms with E-state index in [2.05, 4.69) is 15.1 Å². The molecule has 0 N–H and O–H groups in total. The van der Waals surface area contributed by atoms with Gasteiger partial charge in [0.1, 0.15) is 5.75 Å². The van der Waals surface area contributed by atoms with Crippen molar-refractivity contribution < 1.29 is 14.3 Å². The Morgan fingerprint density at radius 1 is 0.966 bits per heavy atom. The van der Waals surface area contributed by atoms with Crippen LogP contribution in [0.4, 0.5) is 5.69 Å². The van der Waals surface area contributed by atoms with Crippen LogP contribution < -0.4 is 9.64 Å². The third-order valence-corrected chi connectivity index (χ3v) is 4.91. The number of hydrogen-bond acceptors (Lipinski definition) is 6. The van der Waals surface area contributed by atoms with E-state index in [1.54, 1.807) is 54.2 Å². The molecule has 3 aromatic heterocycles. The van der Waals surface area contributed by atoms with Crippen LogP contribution in [0.3, 0.4) is 0 Å². The molecule has 1 aliphatic rings. The first-order valence-electron chi connectivity index (χ1n) is 8.93. The first kappa shape index (κ1) is 17.1. The lowest BCUT2D eigenvalue weighted by Gasteiger charge is -2.16. The SMILES string of the molecule is COc1ccccc1N1C(=O)c2cnc3c(c(C)nn3-c3ccccn3)c2C1=O. The van der Waals surface area contributed by atoms with E-state index in [9.17, 15) is 9.59 Å². The Balaban J connectivity index is 1.73. The predicted octanol–water partition coefficient (Wildman–Crippen LogP) is 2.93. The normalized spacial score (nSPS) is 13.2. The summed E-state index contributed by atoms with van der Waals surface area (Å²) in [5.74, 6) is 0.156. The molecule has 4 aromatic rings. The minimum absolute atomic E-state index is 0.247. The van der Waals surface area contributed by atoms with E-state index in [4.69, 9.17) is 4.74 Å². The number of carbonyl (C=O) groups excluding carboxylic acids is 2. The number of imide groups is 1. The molecule has 29 heavy (non-hydrogen) atoms. The van der Waals surface area contributed by atoms with Gasteiger partial charge in [-0.1, -0.05) is 18.2 Å². The number of pyridine rings is 2. The van der Waals surface area contributed by atoms with Crippen molar-refractivity contribution in [3.8, 4) is 11.6 Å². The molecule has 8 nitrogen and oxygen atoms in total. The van der Waals surface area contributed by atoms with Crippen LogP contribution in [-0.2, 0) is 0 Å². The molecule has 0 atom stereocenters. The summed E-state index contributed by atoms with van der Waals surface area (Å²) in [5, 5.41) is 5.06. The molecule has 0 aliphatic carbocycles. The first-order valence-corrected chi connectivity index (χ1v) is 8.93. The molecule has 4 heterocycles. The van der Waals surface area contributed by atoms with Crippen molar-refractivity contribution in [2.75, 3.05) is 12.0 Å². The number of para-hydroxylation sites is 2. The largest absolute Gasteiger partial charge is 0.495 e. The van der Waals surface area contributed by atoms with Gasteiger partial charge in [-0.3, -0.25) is 9.59 Å². The molecular formula is C21H15N5O3. The molecule has 0 bridgehead atoms. The van der Waals surface area contributed by atoms with E-state index in [1.165, 1.54) is 13.3 Å². The number of fused-ring (bicyclic) bond motifs is 3. The highest BCUT2D eigenvalue weighted by atomic mass is 16.5. The Hall–Kier alpha value is -4.07. The minimum Gasteiger partial charge on any atom is -0.495 e.